The number of hydrogen-bond acceptors (Lipinski definition) is 4. The molecule has 0 spiro atoms. The van der Waals surface area contributed by atoms with Gasteiger partial charge < -0.3 is 5.32 Å². The lowest BCUT2D eigenvalue weighted by Gasteiger charge is -2.15. The predicted octanol–water partition coefficient (Wildman–Crippen LogP) is 4.81. The summed E-state index contributed by atoms with van der Waals surface area (Å²) in [6, 6.07) is 11.0. The number of carbonyl (C=O) groups is 1. The van der Waals surface area contributed by atoms with Crippen molar-refractivity contribution in [1.29, 1.82) is 0 Å². The molecule has 3 rings (SSSR count). The van der Waals surface area contributed by atoms with Gasteiger partial charge in [0.15, 0.2) is 16.8 Å². The first-order valence-corrected chi connectivity index (χ1v) is 9.30. The Morgan fingerprint density at radius 2 is 1.93 bits per heavy atom. The molecule has 0 unspecified atom stereocenters. The van der Waals surface area contributed by atoms with Gasteiger partial charge in [0, 0.05) is 22.5 Å². The normalized spacial score (nSPS) is 11.0. The summed E-state index contributed by atoms with van der Waals surface area (Å²) in [5, 5.41) is 5.47. The molecule has 0 fully saturated rings. The molecule has 1 heterocycles. The molecule has 1 N–H and O–H groups in total. The Balaban J connectivity index is 1.57. The van der Waals surface area contributed by atoms with Gasteiger partial charge in [-0.2, -0.15) is 0 Å². The van der Waals surface area contributed by atoms with E-state index in [0.717, 1.165) is 17.7 Å². The molecule has 0 radical (unpaired) electrons. The maximum absolute atomic E-state index is 13.3. The Morgan fingerprint density at radius 1 is 1.19 bits per heavy atom. The van der Waals surface area contributed by atoms with Gasteiger partial charge in [0.05, 0.1) is 12.2 Å². The van der Waals surface area contributed by atoms with Gasteiger partial charge in [-0.05, 0) is 42.9 Å². The fourth-order valence-electron chi connectivity index (χ4n) is 2.48. The number of hydrogen-bond donors (Lipinski definition) is 1. The van der Waals surface area contributed by atoms with Gasteiger partial charge in [-0.1, -0.05) is 23.7 Å². The van der Waals surface area contributed by atoms with Crippen LogP contribution in [0, 0.1) is 11.6 Å². The van der Waals surface area contributed by atoms with E-state index < -0.39 is 11.6 Å². The standard InChI is InChI=1S/C19H16ClF2N3OS/c1-25(9-12-2-5-14(20)6-3-12)10-18(26)24-19-23-17(11-27-19)13-4-7-15(21)16(22)8-13/h2-8,11H,9-10H2,1H3,(H,23,24,26). The number of benzene rings is 2. The highest BCUT2D eigenvalue weighted by Gasteiger charge is 2.12. The van der Waals surface area contributed by atoms with E-state index in [4.69, 9.17) is 11.6 Å². The van der Waals surface area contributed by atoms with Gasteiger partial charge in [-0.3, -0.25) is 9.69 Å². The van der Waals surface area contributed by atoms with Gasteiger partial charge in [0.1, 0.15) is 0 Å². The number of carbonyl (C=O) groups excluding carboxylic acids is 1. The molecule has 4 nitrogen and oxygen atoms in total. The molecule has 3 aromatic rings. The van der Waals surface area contributed by atoms with Gasteiger partial charge in [0.25, 0.3) is 0 Å². The van der Waals surface area contributed by atoms with E-state index in [1.807, 2.05) is 24.1 Å². The molecule has 140 valence electrons. The second-order valence-corrected chi connectivity index (χ2v) is 7.31. The Bertz CT molecular complexity index is 946. The third kappa shape index (κ3) is 5.32. The van der Waals surface area contributed by atoms with Crippen molar-refractivity contribution in [3.8, 4) is 11.3 Å². The summed E-state index contributed by atoms with van der Waals surface area (Å²) in [4.78, 5) is 18.3. The molecule has 1 aromatic heterocycles. The van der Waals surface area contributed by atoms with Crippen LogP contribution in [0.5, 0.6) is 0 Å². The highest BCUT2D eigenvalue weighted by molar-refractivity contribution is 7.14. The van der Waals surface area contributed by atoms with E-state index in [0.29, 0.717) is 28.0 Å². The first-order chi connectivity index (χ1) is 12.9. The molecule has 0 atom stereocenters. The van der Waals surface area contributed by atoms with Gasteiger partial charge >= 0.3 is 0 Å². The van der Waals surface area contributed by atoms with Crippen molar-refractivity contribution in [2.24, 2.45) is 0 Å². The first-order valence-electron chi connectivity index (χ1n) is 8.04. The van der Waals surface area contributed by atoms with Crippen LogP contribution in [0.3, 0.4) is 0 Å². The van der Waals surface area contributed by atoms with E-state index >= 15 is 0 Å². The molecule has 8 heteroatoms. The third-order valence-corrected chi connectivity index (χ3v) is 4.75. The van der Waals surface area contributed by atoms with Crippen LogP contribution in [0.4, 0.5) is 13.9 Å². The quantitative estimate of drug-likeness (QED) is 0.637. The lowest BCUT2D eigenvalue weighted by Crippen LogP contribution is -2.29. The van der Waals surface area contributed by atoms with E-state index in [9.17, 15) is 13.6 Å². The summed E-state index contributed by atoms with van der Waals surface area (Å²) in [5.41, 5.74) is 1.97. The highest BCUT2D eigenvalue weighted by Crippen LogP contribution is 2.26. The van der Waals surface area contributed by atoms with Crippen LogP contribution in [0.15, 0.2) is 47.8 Å². The number of anilines is 1. The summed E-state index contributed by atoms with van der Waals surface area (Å²) in [6.07, 6.45) is 0. The first kappa shape index (κ1) is 19.4. The van der Waals surface area contributed by atoms with Crippen LogP contribution in [-0.2, 0) is 11.3 Å². The van der Waals surface area contributed by atoms with Crippen molar-refractivity contribution < 1.29 is 13.6 Å². The predicted molar refractivity (Wildman–Crippen MR) is 104 cm³/mol. The molecule has 0 saturated carbocycles. The molecular formula is C19H16ClF2N3OS. The average Bonchev–Trinajstić information content (AvgIpc) is 3.07. The minimum absolute atomic E-state index is 0.183. The van der Waals surface area contributed by atoms with Crippen molar-refractivity contribution in [3.63, 3.8) is 0 Å². The fraction of sp³-hybridized carbons (Fsp3) is 0.158. The summed E-state index contributed by atoms with van der Waals surface area (Å²) in [7, 11) is 1.84. The second kappa shape index (κ2) is 8.56. The number of amides is 1. The molecule has 2 aromatic carbocycles. The molecule has 1 amide bonds. The maximum atomic E-state index is 13.3. The number of nitrogens with one attached hydrogen (secondary N) is 1. The maximum Gasteiger partial charge on any atom is 0.240 e. The SMILES string of the molecule is CN(CC(=O)Nc1nc(-c2ccc(F)c(F)c2)cs1)Cc1ccc(Cl)cc1. The smallest absolute Gasteiger partial charge is 0.240 e. The lowest BCUT2D eigenvalue weighted by atomic mass is 10.2. The number of rotatable bonds is 6. The third-order valence-electron chi connectivity index (χ3n) is 3.75. The molecular weight excluding hydrogens is 392 g/mol. The summed E-state index contributed by atoms with van der Waals surface area (Å²) in [6.45, 7) is 0.783. The number of likely N-dealkylation sites (N-methyl/N-ethyl adjacent to an activating group) is 1. The molecule has 0 bridgehead atoms. The monoisotopic (exact) mass is 407 g/mol. The van der Waals surface area contributed by atoms with E-state index in [-0.39, 0.29) is 12.5 Å². The van der Waals surface area contributed by atoms with Crippen LogP contribution in [0.2, 0.25) is 5.02 Å². The minimum atomic E-state index is -0.935. The lowest BCUT2D eigenvalue weighted by molar-refractivity contribution is -0.117. The van der Waals surface area contributed by atoms with Gasteiger partial charge in [0.2, 0.25) is 5.91 Å². The van der Waals surface area contributed by atoms with E-state index in [1.54, 1.807) is 17.5 Å². The molecule has 0 saturated heterocycles. The Morgan fingerprint density at radius 3 is 2.63 bits per heavy atom. The second-order valence-electron chi connectivity index (χ2n) is 6.01. The Labute approximate surface area is 164 Å². The van der Waals surface area contributed by atoms with Crippen molar-refractivity contribution in [2.75, 3.05) is 18.9 Å². The molecule has 0 aliphatic rings. The topological polar surface area (TPSA) is 45.2 Å². The van der Waals surface area contributed by atoms with Crippen molar-refractivity contribution in [2.45, 2.75) is 6.54 Å². The van der Waals surface area contributed by atoms with Crippen LogP contribution in [0.1, 0.15) is 5.56 Å². The zero-order chi connectivity index (χ0) is 19.4. The van der Waals surface area contributed by atoms with Crippen LogP contribution in [0.25, 0.3) is 11.3 Å². The van der Waals surface area contributed by atoms with Crippen LogP contribution < -0.4 is 5.32 Å². The summed E-state index contributed by atoms with van der Waals surface area (Å²) in [5.74, 6) is -2.06. The summed E-state index contributed by atoms with van der Waals surface area (Å²) < 4.78 is 26.4. The number of thiazole rings is 1. The minimum Gasteiger partial charge on any atom is -0.301 e. The zero-order valence-corrected chi connectivity index (χ0v) is 16.0. The number of halogens is 3. The van der Waals surface area contributed by atoms with Crippen LogP contribution >= 0.6 is 22.9 Å². The molecule has 0 aliphatic heterocycles. The van der Waals surface area contributed by atoms with E-state index in [1.165, 1.54) is 17.4 Å². The van der Waals surface area contributed by atoms with Crippen molar-refractivity contribution in [3.05, 3.63) is 70.1 Å². The van der Waals surface area contributed by atoms with Crippen molar-refractivity contribution >= 4 is 34.0 Å². The Kier molecular flexibility index (Phi) is 6.15. The number of aromatic nitrogens is 1. The highest BCUT2D eigenvalue weighted by atomic mass is 35.5. The van der Waals surface area contributed by atoms with Gasteiger partial charge in [-0.15, -0.1) is 11.3 Å². The zero-order valence-electron chi connectivity index (χ0n) is 14.4. The average molecular weight is 408 g/mol. The molecule has 0 aliphatic carbocycles. The number of nitrogens with zero attached hydrogens (tertiary/aromatic N) is 2. The Hall–Kier alpha value is -2.35. The largest absolute Gasteiger partial charge is 0.301 e. The summed E-state index contributed by atoms with van der Waals surface area (Å²) >= 11 is 7.09. The van der Waals surface area contributed by atoms with Crippen molar-refractivity contribution in [1.82, 2.24) is 9.88 Å². The fourth-order valence-corrected chi connectivity index (χ4v) is 3.34. The van der Waals surface area contributed by atoms with E-state index in [2.05, 4.69) is 10.3 Å². The van der Waals surface area contributed by atoms with Crippen LogP contribution in [-0.4, -0.2) is 29.4 Å². The molecule has 27 heavy (non-hydrogen) atoms. The van der Waals surface area contributed by atoms with Gasteiger partial charge in [-0.25, -0.2) is 13.8 Å².